The highest BCUT2D eigenvalue weighted by atomic mass is 32.2. The monoisotopic (exact) mass is 509 g/mol. The summed E-state index contributed by atoms with van der Waals surface area (Å²) < 4.78 is 38.5. The number of aliphatic hydroxyl groups is 1. The first-order valence-corrected chi connectivity index (χ1v) is 13.3. The smallest absolute Gasteiger partial charge is 0.240 e. The maximum Gasteiger partial charge on any atom is 0.240 e. The molecule has 3 aromatic rings. The van der Waals surface area contributed by atoms with Crippen molar-refractivity contribution < 1.29 is 27.8 Å². The molecule has 5 rings (SSSR count). The van der Waals surface area contributed by atoms with Crippen molar-refractivity contribution in [3.05, 3.63) is 66.2 Å². The number of fused-ring (bicyclic) bond motifs is 1. The van der Waals surface area contributed by atoms with Crippen LogP contribution >= 0.6 is 0 Å². The van der Waals surface area contributed by atoms with Crippen molar-refractivity contribution in [1.29, 1.82) is 0 Å². The van der Waals surface area contributed by atoms with Gasteiger partial charge in [0.1, 0.15) is 5.82 Å². The standard InChI is InChI=1S/C26H27N3O6S/c1-2-19(15-30)29-36(32,33)20-9-6-17(7-10-20)21-4-3-5-24(27-21)28-25(31)26(12-13-26)18-8-11-22-23(14-18)35-16-34-22/h3-11,14,19,29-30H,2,12-13,15-16H2,1H3,(H,27,28,31). The van der Waals surface area contributed by atoms with Crippen LogP contribution in [0.25, 0.3) is 11.3 Å². The van der Waals surface area contributed by atoms with Crippen LogP contribution in [0, 0.1) is 0 Å². The van der Waals surface area contributed by atoms with Gasteiger partial charge in [0.25, 0.3) is 0 Å². The maximum atomic E-state index is 13.2. The molecule has 1 aromatic heterocycles. The minimum atomic E-state index is -3.75. The molecule has 1 saturated carbocycles. The minimum absolute atomic E-state index is 0.0991. The van der Waals surface area contributed by atoms with E-state index >= 15 is 0 Å². The molecule has 1 atom stereocenters. The van der Waals surface area contributed by atoms with E-state index in [9.17, 15) is 18.3 Å². The molecular weight excluding hydrogens is 482 g/mol. The SMILES string of the molecule is CCC(CO)NS(=O)(=O)c1ccc(-c2cccc(NC(=O)C3(c4ccc5c(c4)OCO5)CC3)n2)cc1. The zero-order chi connectivity index (χ0) is 25.3. The van der Waals surface area contributed by atoms with Crippen molar-refractivity contribution in [1.82, 2.24) is 9.71 Å². The number of anilines is 1. The number of aromatic nitrogens is 1. The van der Waals surface area contributed by atoms with Gasteiger partial charge < -0.3 is 19.9 Å². The first-order valence-electron chi connectivity index (χ1n) is 11.8. The number of aliphatic hydroxyl groups excluding tert-OH is 1. The fourth-order valence-electron chi connectivity index (χ4n) is 4.21. The molecule has 0 radical (unpaired) electrons. The van der Waals surface area contributed by atoms with E-state index in [2.05, 4.69) is 15.0 Å². The summed E-state index contributed by atoms with van der Waals surface area (Å²) in [5.41, 5.74) is 1.57. The van der Waals surface area contributed by atoms with Crippen molar-refractivity contribution in [2.75, 3.05) is 18.7 Å². The number of carbonyl (C=O) groups is 1. The normalized spacial score (nSPS) is 16.4. The Kier molecular flexibility index (Phi) is 6.42. The Labute approximate surface area is 209 Å². The van der Waals surface area contributed by atoms with Gasteiger partial charge in [-0.3, -0.25) is 4.79 Å². The molecular formula is C26H27N3O6S. The average molecular weight is 510 g/mol. The number of hydrogen-bond acceptors (Lipinski definition) is 7. The molecule has 1 unspecified atom stereocenters. The van der Waals surface area contributed by atoms with Crippen LogP contribution < -0.4 is 19.5 Å². The first-order chi connectivity index (χ1) is 17.3. The molecule has 188 valence electrons. The lowest BCUT2D eigenvalue weighted by molar-refractivity contribution is -0.118. The lowest BCUT2D eigenvalue weighted by Crippen LogP contribution is -2.36. The van der Waals surface area contributed by atoms with Gasteiger partial charge in [0.2, 0.25) is 22.7 Å². The third kappa shape index (κ3) is 4.67. The third-order valence-corrected chi connectivity index (χ3v) is 8.13. The van der Waals surface area contributed by atoms with E-state index in [1.807, 2.05) is 18.2 Å². The number of hydrogen-bond donors (Lipinski definition) is 3. The second-order valence-electron chi connectivity index (χ2n) is 8.95. The molecule has 0 saturated heterocycles. The van der Waals surface area contributed by atoms with Gasteiger partial charge in [-0.1, -0.05) is 31.2 Å². The number of amides is 1. The van der Waals surface area contributed by atoms with E-state index in [0.717, 1.165) is 18.4 Å². The third-order valence-electron chi connectivity index (χ3n) is 6.60. The molecule has 1 amide bonds. The van der Waals surface area contributed by atoms with E-state index in [1.54, 1.807) is 37.3 Å². The Morgan fingerprint density at radius 3 is 2.53 bits per heavy atom. The van der Waals surface area contributed by atoms with E-state index in [0.29, 0.717) is 35.0 Å². The highest BCUT2D eigenvalue weighted by Crippen LogP contribution is 2.51. The molecule has 9 nitrogen and oxygen atoms in total. The first kappa shape index (κ1) is 24.2. The van der Waals surface area contributed by atoms with Gasteiger partial charge in [-0.25, -0.2) is 18.1 Å². The van der Waals surface area contributed by atoms with Gasteiger partial charge in [-0.2, -0.15) is 0 Å². The van der Waals surface area contributed by atoms with Gasteiger partial charge >= 0.3 is 0 Å². The number of pyridine rings is 1. The molecule has 1 aliphatic carbocycles. The largest absolute Gasteiger partial charge is 0.454 e. The Balaban J connectivity index is 1.31. The molecule has 1 fully saturated rings. The molecule has 2 aliphatic rings. The summed E-state index contributed by atoms with van der Waals surface area (Å²) in [4.78, 5) is 17.9. The predicted molar refractivity (Wildman–Crippen MR) is 133 cm³/mol. The molecule has 1 aliphatic heterocycles. The van der Waals surface area contributed by atoms with Crippen molar-refractivity contribution in [2.45, 2.75) is 42.5 Å². The summed E-state index contributed by atoms with van der Waals surface area (Å²) >= 11 is 0. The van der Waals surface area contributed by atoms with Crippen LogP contribution in [0.5, 0.6) is 11.5 Å². The Hall–Kier alpha value is -3.47. The van der Waals surface area contributed by atoms with Crippen LogP contribution in [0.15, 0.2) is 65.6 Å². The van der Waals surface area contributed by atoms with Crippen LogP contribution in [-0.4, -0.2) is 43.9 Å². The number of carbonyl (C=O) groups excluding carboxylic acids is 1. The average Bonchev–Trinajstić information content (AvgIpc) is 3.58. The molecule has 0 bridgehead atoms. The molecule has 36 heavy (non-hydrogen) atoms. The number of rotatable bonds is 9. The van der Waals surface area contributed by atoms with Crippen LogP contribution in [0.2, 0.25) is 0 Å². The molecule has 0 spiro atoms. The molecule has 2 aromatic carbocycles. The fraction of sp³-hybridized carbons (Fsp3) is 0.308. The topological polar surface area (TPSA) is 127 Å². The van der Waals surface area contributed by atoms with Crippen molar-refractivity contribution in [2.24, 2.45) is 0 Å². The summed E-state index contributed by atoms with van der Waals surface area (Å²) in [6.07, 6.45) is 1.95. The van der Waals surface area contributed by atoms with Gasteiger partial charge in [0, 0.05) is 11.6 Å². The maximum absolute atomic E-state index is 13.2. The highest BCUT2D eigenvalue weighted by molar-refractivity contribution is 7.89. The van der Waals surface area contributed by atoms with E-state index in [1.165, 1.54) is 12.1 Å². The Morgan fingerprint density at radius 2 is 1.83 bits per heavy atom. The van der Waals surface area contributed by atoms with Crippen LogP contribution in [-0.2, 0) is 20.2 Å². The second kappa shape index (κ2) is 9.53. The summed E-state index contributed by atoms with van der Waals surface area (Å²) in [5, 5.41) is 12.2. The fourth-order valence-corrected chi connectivity index (χ4v) is 5.52. The summed E-state index contributed by atoms with van der Waals surface area (Å²) in [7, 11) is -3.75. The highest BCUT2D eigenvalue weighted by Gasteiger charge is 2.51. The van der Waals surface area contributed by atoms with Crippen LogP contribution in [0.4, 0.5) is 5.82 Å². The molecule has 2 heterocycles. The van der Waals surface area contributed by atoms with E-state index in [-0.39, 0.29) is 24.2 Å². The number of nitrogens with one attached hydrogen (secondary N) is 2. The van der Waals surface area contributed by atoms with E-state index in [4.69, 9.17) is 9.47 Å². The summed E-state index contributed by atoms with van der Waals surface area (Å²) in [6, 6.07) is 16.7. The zero-order valence-electron chi connectivity index (χ0n) is 19.7. The number of nitrogens with zero attached hydrogens (tertiary/aromatic N) is 1. The Morgan fingerprint density at radius 1 is 1.08 bits per heavy atom. The van der Waals surface area contributed by atoms with Crippen molar-refractivity contribution in [3.8, 4) is 22.8 Å². The van der Waals surface area contributed by atoms with Gasteiger partial charge in [-0.05, 0) is 61.2 Å². The molecule has 3 N–H and O–H groups in total. The number of sulfonamides is 1. The lowest BCUT2D eigenvalue weighted by Gasteiger charge is -2.16. The zero-order valence-corrected chi connectivity index (χ0v) is 20.5. The van der Waals surface area contributed by atoms with E-state index < -0.39 is 21.5 Å². The predicted octanol–water partition coefficient (Wildman–Crippen LogP) is 3.20. The quantitative estimate of drug-likeness (QED) is 0.404. The second-order valence-corrected chi connectivity index (χ2v) is 10.7. The lowest BCUT2D eigenvalue weighted by atomic mass is 9.94. The van der Waals surface area contributed by atoms with Crippen molar-refractivity contribution >= 4 is 21.7 Å². The number of ether oxygens (including phenoxy) is 2. The van der Waals surface area contributed by atoms with Crippen LogP contribution in [0.3, 0.4) is 0 Å². The minimum Gasteiger partial charge on any atom is -0.454 e. The van der Waals surface area contributed by atoms with Crippen LogP contribution in [0.1, 0.15) is 31.7 Å². The summed E-state index contributed by atoms with van der Waals surface area (Å²) in [6.45, 7) is 1.70. The van der Waals surface area contributed by atoms with Gasteiger partial charge in [0.05, 0.1) is 22.6 Å². The van der Waals surface area contributed by atoms with Gasteiger partial charge in [0.15, 0.2) is 11.5 Å². The Bertz CT molecular complexity index is 1380. The number of benzene rings is 2. The van der Waals surface area contributed by atoms with Gasteiger partial charge in [-0.15, -0.1) is 0 Å². The summed E-state index contributed by atoms with van der Waals surface area (Å²) in [5.74, 6) is 1.61. The molecule has 10 heteroatoms. The van der Waals surface area contributed by atoms with Crippen molar-refractivity contribution in [3.63, 3.8) is 0 Å².